The van der Waals surface area contributed by atoms with Gasteiger partial charge in [0.15, 0.2) is 16.7 Å². The van der Waals surface area contributed by atoms with Crippen molar-refractivity contribution in [3.63, 3.8) is 0 Å². The van der Waals surface area contributed by atoms with E-state index in [4.69, 9.17) is 4.42 Å². The van der Waals surface area contributed by atoms with Gasteiger partial charge in [-0.2, -0.15) is 0 Å². The minimum Gasteiger partial charge on any atom is -0.461 e. The molecule has 148 valence electrons. The van der Waals surface area contributed by atoms with Crippen molar-refractivity contribution in [1.82, 2.24) is 20.1 Å². The maximum absolute atomic E-state index is 12.2. The molecule has 0 aliphatic carbocycles. The Hall–Kier alpha value is -2.58. The van der Waals surface area contributed by atoms with E-state index in [1.165, 1.54) is 22.2 Å². The molecule has 0 saturated heterocycles. The summed E-state index contributed by atoms with van der Waals surface area (Å²) in [5, 5.41) is 12.1. The minimum atomic E-state index is -0.0305. The topological polar surface area (TPSA) is 77.4 Å². The minimum absolute atomic E-state index is 0.0305. The fraction of sp³-hybridized carbons (Fsp3) is 0.350. The molecule has 7 nitrogen and oxygen atoms in total. The number of nitrogens with zero attached hydrogens (tertiary/aromatic N) is 3. The number of thioether (sulfide) groups is 1. The van der Waals surface area contributed by atoms with Crippen molar-refractivity contribution < 1.29 is 14.1 Å². The third-order valence-electron chi connectivity index (χ3n) is 4.18. The van der Waals surface area contributed by atoms with Crippen molar-refractivity contribution in [1.29, 1.82) is 0 Å². The van der Waals surface area contributed by atoms with Gasteiger partial charge in [-0.15, -0.1) is 10.2 Å². The van der Waals surface area contributed by atoms with Crippen molar-refractivity contribution in [2.24, 2.45) is 0 Å². The fourth-order valence-electron chi connectivity index (χ4n) is 2.83. The molecule has 8 heteroatoms. The van der Waals surface area contributed by atoms with Crippen LogP contribution in [0.2, 0.25) is 0 Å². The summed E-state index contributed by atoms with van der Waals surface area (Å²) in [7, 11) is 4.26. The van der Waals surface area contributed by atoms with Gasteiger partial charge in [0.05, 0.1) is 26.1 Å². The van der Waals surface area contributed by atoms with E-state index in [-0.39, 0.29) is 5.91 Å². The highest BCUT2D eigenvalue weighted by Crippen LogP contribution is 2.24. The number of amides is 1. The zero-order valence-electron chi connectivity index (χ0n) is 16.4. The molecular weight excluding hydrogens is 374 g/mol. The lowest BCUT2D eigenvalue weighted by Gasteiger charge is -2.09. The molecule has 0 radical (unpaired) electrons. The molecule has 3 rings (SSSR count). The van der Waals surface area contributed by atoms with E-state index >= 15 is 0 Å². The number of carbonyl (C=O) groups is 1. The molecule has 0 saturated carbocycles. The van der Waals surface area contributed by atoms with Crippen molar-refractivity contribution in [3.8, 4) is 11.6 Å². The second-order valence-electron chi connectivity index (χ2n) is 6.79. The van der Waals surface area contributed by atoms with Gasteiger partial charge < -0.3 is 14.6 Å². The van der Waals surface area contributed by atoms with Crippen LogP contribution in [0.25, 0.3) is 11.6 Å². The van der Waals surface area contributed by atoms with Crippen LogP contribution in [-0.4, -0.2) is 40.5 Å². The SMILES string of the molecule is CCn1c(SCC(=O)NCc2ccc(C[NH+](C)C)cc2)nnc1-c1ccco1. The van der Waals surface area contributed by atoms with Crippen molar-refractivity contribution >= 4 is 17.7 Å². The quantitative estimate of drug-likeness (QED) is 0.534. The highest BCUT2D eigenvalue weighted by atomic mass is 32.2. The number of hydrogen-bond acceptors (Lipinski definition) is 5. The second-order valence-corrected chi connectivity index (χ2v) is 7.74. The molecule has 2 aromatic heterocycles. The van der Waals surface area contributed by atoms with Crippen LogP contribution in [0.15, 0.2) is 52.2 Å². The van der Waals surface area contributed by atoms with Crippen LogP contribution >= 0.6 is 11.8 Å². The van der Waals surface area contributed by atoms with Crippen LogP contribution in [0.3, 0.4) is 0 Å². The first-order chi connectivity index (χ1) is 13.6. The number of carbonyl (C=O) groups excluding carboxylic acids is 1. The summed E-state index contributed by atoms with van der Waals surface area (Å²) in [5.74, 6) is 1.61. The fourth-order valence-corrected chi connectivity index (χ4v) is 3.67. The second kappa shape index (κ2) is 9.57. The molecule has 2 heterocycles. The lowest BCUT2D eigenvalue weighted by molar-refractivity contribution is -0.872. The van der Waals surface area contributed by atoms with Crippen LogP contribution in [0.1, 0.15) is 18.1 Å². The summed E-state index contributed by atoms with van der Waals surface area (Å²) in [5.41, 5.74) is 2.38. The average molecular weight is 401 g/mol. The Morgan fingerprint density at radius 3 is 2.57 bits per heavy atom. The standard InChI is InChI=1S/C20H25N5O2S/c1-4-25-19(17-6-5-11-27-17)22-23-20(25)28-14-18(26)21-12-15-7-9-16(10-8-15)13-24(2)3/h5-11H,4,12-14H2,1-3H3,(H,21,26)/p+1. The van der Waals surface area contributed by atoms with E-state index in [1.54, 1.807) is 6.26 Å². The van der Waals surface area contributed by atoms with E-state index in [0.717, 1.165) is 12.1 Å². The monoisotopic (exact) mass is 400 g/mol. The summed E-state index contributed by atoms with van der Waals surface area (Å²) in [4.78, 5) is 13.6. The van der Waals surface area contributed by atoms with Gasteiger partial charge in [-0.3, -0.25) is 9.36 Å². The van der Waals surface area contributed by atoms with Gasteiger partial charge in [-0.05, 0) is 24.6 Å². The van der Waals surface area contributed by atoms with Crippen molar-refractivity contribution in [2.75, 3.05) is 19.8 Å². The van der Waals surface area contributed by atoms with E-state index in [1.807, 2.05) is 23.6 Å². The Kier molecular flexibility index (Phi) is 6.89. The number of rotatable bonds is 9. The third kappa shape index (κ3) is 5.24. The molecule has 28 heavy (non-hydrogen) atoms. The molecule has 2 N–H and O–H groups in total. The predicted molar refractivity (Wildman–Crippen MR) is 109 cm³/mol. The molecule has 3 aromatic rings. The van der Waals surface area contributed by atoms with Gasteiger partial charge in [-0.25, -0.2) is 0 Å². The van der Waals surface area contributed by atoms with Gasteiger partial charge in [0, 0.05) is 18.7 Å². The summed E-state index contributed by atoms with van der Waals surface area (Å²) in [6.45, 7) is 4.23. The predicted octanol–water partition coefficient (Wildman–Crippen LogP) is 1.61. The van der Waals surface area contributed by atoms with Crippen LogP contribution in [-0.2, 0) is 24.4 Å². The van der Waals surface area contributed by atoms with Gasteiger partial charge in [-0.1, -0.05) is 36.0 Å². The molecule has 0 atom stereocenters. The average Bonchev–Trinajstić information content (AvgIpc) is 3.34. The van der Waals surface area contributed by atoms with Crippen molar-refractivity contribution in [3.05, 3.63) is 53.8 Å². The summed E-state index contributed by atoms with van der Waals surface area (Å²) >= 11 is 1.38. The van der Waals surface area contributed by atoms with Gasteiger partial charge in [0.2, 0.25) is 5.91 Å². The lowest BCUT2D eigenvalue weighted by Crippen LogP contribution is -3.04. The molecular formula is C20H26N5O2S+. The molecule has 0 unspecified atom stereocenters. The highest BCUT2D eigenvalue weighted by molar-refractivity contribution is 7.99. The lowest BCUT2D eigenvalue weighted by atomic mass is 10.1. The molecule has 0 bridgehead atoms. The Morgan fingerprint density at radius 2 is 1.93 bits per heavy atom. The highest BCUT2D eigenvalue weighted by Gasteiger charge is 2.16. The van der Waals surface area contributed by atoms with Crippen LogP contribution in [0.4, 0.5) is 0 Å². The first-order valence-electron chi connectivity index (χ1n) is 9.30. The molecule has 1 aromatic carbocycles. The number of hydrogen-bond donors (Lipinski definition) is 2. The Morgan fingerprint density at radius 1 is 1.18 bits per heavy atom. The van der Waals surface area contributed by atoms with E-state index in [9.17, 15) is 4.79 Å². The van der Waals surface area contributed by atoms with Gasteiger partial charge in [0.1, 0.15) is 6.54 Å². The number of nitrogens with one attached hydrogen (secondary N) is 2. The van der Waals surface area contributed by atoms with Gasteiger partial charge >= 0.3 is 0 Å². The summed E-state index contributed by atoms with van der Waals surface area (Å²) in [6.07, 6.45) is 1.61. The van der Waals surface area contributed by atoms with Crippen LogP contribution in [0.5, 0.6) is 0 Å². The number of furan rings is 1. The molecule has 0 fully saturated rings. The molecule has 0 aliphatic rings. The largest absolute Gasteiger partial charge is 0.461 e. The van der Waals surface area contributed by atoms with Gasteiger partial charge in [0.25, 0.3) is 0 Å². The third-order valence-corrected chi connectivity index (χ3v) is 5.14. The first kappa shape index (κ1) is 20.2. The van der Waals surface area contributed by atoms with Crippen LogP contribution < -0.4 is 10.2 Å². The van der Waals surface area contributed by atoms with E-state index in [2.05, 4.69) is 53.9 Å². The Labute approximate surface area is 169 Å². The summed E-state index contributed by atoms with van der Waals surface area (Å²) < 4.78 is 7.35. The zero-order chi connectivity index (χ0) is 19.9. The van der Waals surface area contributed by atoms with Crippen LogP contribution in [0, 0.1) is 0 Å². The maximum Gasteiger partial charge on any atom is 0.230 e. The summed E-state index contributed by atoms with van der Waals surface area (Å²) in [6, 6.07) is 12.0. The maximum atomic E-state index is 12.2. The number of quaternary nitrogens is 1. The first-order valence-corrected chi connectivity index (χ1v) is 10.3. The zero-order valence-corrected chi connectivity index (χ0v) is 17.3. The molecule has 0 spiro atoms. The molecule has 0 aliphatic heterocycles. The van der Waals surface area contributed by atoms with E-state index < -0.39 is 0 Å². The Bertz CT molecular complexity index is 888. The Balaban J connectivity index is 1.51. The van der Waals surface area contributed by atoms with Crippen molar-refractivity contribution in [2.45, 2.75) is 31.7 Å². The smallest absolute Gasteiger partial charge is 0.230 e. The van der Waals surface area contributed by atoms with E-state index in [0.29, 0.717) is 35.6 Å². The molecule has 1 amide bonds. The normalized spacial score (nSPS) is 11.1. The number of aromatic nitrogens is 3. The number of benzene rings is 1.